The molecule has 112 valence electrons. The number of rotatable bonds is 6. The average molecular weight is 269 g/mol. The number of piperazine rings is 1. The first-order valence-corrected chi connectivity index (χ1v) is 7.96. The predicted molar refractivity (Wildman–Crippen MR) is 79.5 cm³/mol. The average Bonchev–Trinajstić information content (AvgIpc) is 2.98. The van der Waals surface area contributed by atoms with Crippen LogP contribution in [0.25, 0.3) is 0 Å². The van der Waals surface area contributed by atoms with Crippen molar-refractivity contribution >= 4 is 0 Å². The van der Waals surface area contributed by atoms with E-state index in [1.807, 2.05) is 0 Å². The topological polar surface area (TPSA) is 27.7 Å². The lowest BCUT2D eigenvalue weighted by Crippen LogP contribution is -2.53. The normalized spacial score (nSPS) is 29.5. The molecule has 0 aromatic carbocycles. The van der Waals surface area contributed by atoms with Gasteiger partial charge in [-0.15, -0.1) is 0 Å². The van der Waals surface area contributed by atoms with Crippen LogP contribution in [-0.2, 0) is 4.74 Å². The van der Waals surface area contributed by atoms with E-state index in [-0.39, 0.29) is 0 Å². The Morgan fingerprint density at radius 2 is 2.00 bits per heavy atom. The van der Waals surface area contributed by atoms with E-state index in [0.717, 1.165) is 19.3 Å². The number of ether oxygens (including phenoxy) is 1. The molecule has 2 aliphatic heterocycles. The highest BCUT2D eigenvalue weighted by molar-refractivity contribution is 4.84. The molecule has 4 heteroatoms. The van der Waals surface area contributed by atoms with Crippen molar-refractivity contribution in [1.29, 1.82) is 0 Å². The molecule has 0 radical (unpaired) electrons. The van der Waals surface area contributed by atoms with E-state index in [4.69, 9.17) is 4.74 Å². The van der Waals surface area contributed by atoms with Crippen LogP contribution in [-0.4, -0.2) is 74.9 Å². The largest absolute Gasteiger partial charge is 0.381 e. The van der Waals surface area contributed by atoms with E-state index in [1.54, 1.807) is 0 Å². The molecular formula is C15H31N3O. The maximum Gasteiger partial charge on any atom is 0.0510 e. The molecule has 2 rings (SSSR count). The number of nitrogens with zero attached hydrogens (tertiary/aromatic N) is 2. The highest BCUT2D eigenvalue weighted by Crippen LogP contribution is 2.18. The van der Waals surface area contributed by atoms with Gasteiger partial charge >= 0.3 is 0 Å². The maximum absolute atomic E-state index is 5.53. The molecule has 2 heterocycles. The van der Waals surface area contributed by atoms with Crippen LogP contribution >= 0.6 is 0 Å². The van der Waals surface area contributed by atoms with E-state index in [1.165, 1.54) is 45.6 Å². The number of likely N-dealkylation sites (N-methyl/N-ethyl adjacent to an activating group) is 1. The Morgan fingerprint density at radius 1 is 1.26 bits per heavy atom. The third kappa shape index (κ3) is 4.15. The van der Waals surface area contributed by atoms with Crippen LogP contribution in [0.4, 0.5) is 0 Å². The van der Waals surface area contributed by atoms with Gasteiger partial charge in [-0.2, -0.15) is 0 Å². The van der Waals surface area contributed by atoms with Crippen molar-refractivity contribution in [2.75, 3.05) is 53.0 Å². The van der Waals surface area contributed by atoms with Crippen molar-refractivity contribution < 1.29 is 4.74 Å². The SMILES string of the molecule is CCC(C)N1CCN(CC(NC)C2CCOC2)CC1. The molecule has 2 aliphatic rings. The first-order chi connectivity index (χ1) is 9.24. The molecule has 0 aliphatic carbocycles. The van der Waals surface area contributed by atoms with Gasteiger partial charge in [0.25, 0.3) is 0 Å². The third-order valence-corrected chi connectivity index (χ3v) is 4.98. The fourth-order valence-electron chi connectivity index (χ4n) is 3.27. The Balaban J connectivity index is 1.74. The standard InChI is InChI=1S/C15H31N3O/c1-4-13(2)18-8-6-17(7-9-18)11-15(16-3)14-5-10-19-12-14/h13-16H,4-12H2,1-3H3. The molecule has 2 fully saturated rings. The van der Waals surface area contributed by atoms with Crippen molar-refractivity contribution in [3.05, 3.63) is 0 Å². The lowest BCUT2D eigenvalue weighted by atomic mass is 9.98. The van der Waals surface area contributed by atoms with E-state index in [9.17, 15) is 0 Å². The smallest absolute Gasteiger partial charge is 0.0510 e. The molecule has 4 nitrogen and oxygen atoms in total. The summed E-state index contributed by atoms with van der Waals surface area (Å²) in [5.41, 5.74) is 0. The van der Waals surface area contributed by atoms with Crippen LogP contribution < -0.4 is 5.32 Å². The van der Waals surface area contributed by atoms with Crippen LogP contribution in [0.5, 0.6) is 0 Å². The summed E-state index contributed by atoms with van der Waals surface area (Å²) in [6.45, 7) is 12.6. The molecule has 0 aromatic rings. The molecule has 0 spiro atoms. The van der Waals surface area contributed by atoms with Gasteiger partial charge in [-0.05, 0) is 26.8 Å². The van der Waals surface area contributed by atoms with Crippen molar-refractivity contribution in [2.45, 2.75) is 38.8 Å². The summed E-state index contributed by atoms with van der Waals surface area (Å²) >= 11 is 0. The van der Waals surface area contributed by atoms with Gasteiger partial charge in [0.1, 0.15) is 0 Å². The Kier molecular flexibility index (Phi) is 6.07. The second kappa shape index (κ2) is 7.58. The monoisotopic (exact) mass is 269 g/mol. The second-order valence-corrected chi connectivity index (χ2v) is 6.11. The third-order valence-electron chi connectivity index (χ3n) is 4.98. The summed E-state index contributed by atoms with van der Waals surface area (Å²) in [6.07, 6.45) is 2.48. The minimum atomic E-state index is 0.595. The van der Waals surface area contributed by atoms with Gasteiger partial charge < -0.3 is 10.1 Å². The van der Waals surface area contributed by atoms with Crippen LogP contribution in [0.3, 0.4) is 0 Å². The molecule has 3 atom stereocenters. The molecule has 0 bridgehead atoms. The van der Waals surface area contributed by atoms with Crippen molar-refractivity contribution in [3.63, 3.8) is 0 Å². The Bertz CT molecular complexity index is 248. The minimum absolute atomic E-state index is 0.595. The molecule has 3 unspecified atom stereocenters. The van der Waals surface area contributed by atoms with E-state index in [2.05, 4.69) is 36.0 Å². The molecule has 2 saturated heterocycles. The van der Waals surface area contributed by atoms with Gasteiger partial charge in [0.2, 0.25) is 0 Å². The number of hydrogen-bond acceptors (Lipinski definition) is 4. The molecule has 0 saturated carbocycles. The Labute approximate surface area is 118 Å². The summed E-state index contributed by atoms with van der Waals surface area (Å²) in [4.78, 5) is 5.25. The van der Waals surface area contributed by atoms with Crippen LogP contribution in [0.15, 0.2) is 0 Å². The number of hydrogen-bond donors (Lipinski definition) is 1. The summed E-state index contributed by atoms with van der Waals surface area (Å²) in [5, 5.41) is 3.50. The van der Waals surface area contributed by atoms with Gasteiger partial charge in [0, 0.05) is 57.3 Å². The maximum atomic E-state index is 5.53. The zero-order valence-electron chi connectivity index (χ0n) is 12.9. The first-order valence-electron chi connectivity index (χ1n) is 7.96. The van der Waals surface area contributed by atoms with Gasteiger partial charge in [-0.3, -0.25) is 9.80 Å². The molecule has 0 amide bonds. The highest BCUT2D eigenvalue weighted by atomic mass is 16.5. The summed E-state index contributed by atoms with van der Waals surface area (Å²) < 4.78 is 5.53. The lowest BCUT2D eigenvalue weighted by Gasteiger charge is -2.39. The Morgan fingerprint density at radius 3 is 2.53 bits per heavy atom. The van der Waals surface area contributed by atoms with E-state index in [0.29, 0.717) is 12.0 Å². The predicted octanol–water partition coefficient (Wildman–Crippen LogP) is 1.03. The molecule has 1 N–H and O–H groups in total. The minimum Gasteiger partial charge on any atom is -0.381 e. The van der Waals surface area contributed by atoms with Crippen molar-refractivity contribution in [1.82, 2.24) is 15.1 Å². The first kappa shape index (κ1) is 15.2. The molecule has 0 aromatic heterocycles. The van der Waals surface area contributed by atoms with E-state index < -0.39 is 0 Å². The van der Waals surface area contributed by atoms with Gasteiger partial charge in [-0.1, -0.05) is 6.92 Å². The summed E-state index contributed by atoms with van der Waals surface area (Å²) in [5.74, 6) is 0.706. The Hall–Kier alpha value is -0.160. The quantitative estimate of drug-likeness (QED) is 0.779. The van der Waals surface area contributed by atoms with Gasteiger partial charge in [-0.25, -0.2) is 0 Å². The zero-order chi connectivity index (χ0) is 13.7. The summed E-state index contributed by atoms with van der Waals surface area (Å²) in [7, 11) is 2.10. The van der Waals surface area contributed by atoms with Crippen molar-refractivity contribution in [3.8, 4) is 0 Å². The fourth-order valence-corrected chi connectivity index (χ4v) is 3.27. The second-order valence-electron chi connectivity index (χ2n) is 6.11. The zero-order valence-corrected chi connectivity index (χ0v) is 12.9. The molecule has 19 heavy (non-hydrogen) atoms. The number of nitrogens with one attached hydrogen (secondary N) is 1. The van der Waals surface area contributed by atoms with E-state index >= 15 is 0 Å². The fraction of sp³-hybridized carbons (Fsp3) is 1.00. The molecular weight excluding hydrogens is 238 g/mol. The van der Waals surface area contributed by atoms with Crippen LogP contribution in [0.1, 0.15) is 26.7 Å². The van der Waals surface area contributed by atoms with Crippen LogP contribution in [0, 0.1) is 5.92 Å². The summed E-state index contributed by atoms with van der Waals surface area (Å²) in [6, 6.07) is 1.34. The van der Waals surface area contributed by atoms with Crippen LogP contribution in [0.2, 0.25) is 0 Å². The van der Waals surface area contributed by atoms with Gasteiger partial charge in [0.05, 0.1) is 6.61 Å². The highest BCUT2D eigenvalue weighted by Gasteiger charge is 2.28. The van der Waals surface area contributed by atoms with Gasteiger partial charge in [0.15, 0.2) is 0 Å². The van der Waals surface area contributed by atoms with Crippen molar-refractivity contribution in [2.24, 2.45) is 5.92 Å². The lowest BCUT2D eigenvalue weighted by molar-refractivity contribution is 0.0866.